The van der Waals surface area contributed by atoms with Crippen LogP contribution in [0.3, 0.4) is 0 Å². The molecule has 3 aromatic rings. The summed E-state index contributed by atoms with van der Waals surface area (Å²) in [5.74, 6) is 0.0516. The van der Waals surface area contributed by atoms with E-state index in [-0.39, 0.29) is 16.5 Å². The maximum atomic E-state index is 13.6. The van der Waals surface area contributed by atoms with Gasteiger partial charge in [0.05, 0.1) is 15.4 Å². The van der Waals surface area contributed by atoms with Crippen LogP contribution >= 0.6 is 0 Å². The molecule has 2 aromatic carbocycles. The molecule has 6 nitrogen and oxygen atoms in total. The maximum Gasteiger partial charge on any atom is 0.417 e. The lowest BCUT2D eigenvalue weighted by molar-refractivity contribution is -0.139. The van der Waals surface area contributed by atoms with E-state index in [1.54, 1.807) is 13.8 Å². The van der Waals surface area contributed by atoms with Gasteiger partial charge in [0.1, 0.15) is 0 Å². The molecule has 1 aromatic heterocycles. The number of hydrogen-bond acceptors (Lipinski definition) is 6. The van der Waals surface area contributed by atoms with Crippen LogP contribution in [-0.2, 0) is 16.0 Å². The Hall–Kier alpha value is -3.14. The van der Waals surface area contributed by atoms with Gasteiger partial charge in [-0.25, -0.2) is 18.4 Å². The molecule has 0 atom stereocenters. The third-order valence-corrected chi connectivity index (χ3v) is 6.27. The fourth-order valence-electron chi connectivity index (χ4n) is 2.98. The number of sulfone groups is 1. The molecule has 0 bridgehead atoms. The number of nitrogen functional groups attached to an aromatic ring is 1. The predicted molar refractivity (Wildman–Crippen MR) is 108 cm³/mol. The van der Waals surface area contributed by atoms with Crippen LogP contribution in [0.25, 0.3) is 11.1 Å². The third-order valence-electron chi connectivity index (χ3n) is 4.46. The molecule has 0 saturated heterocycles. The molecule has 0 radical (unpaired) electrons. The number of nitrogens with two attached hydrogens (primary N) is 1. The smallest absolute Gasteiger partial charge is 0.385 e. The van der Waals surface area contributed by atoms with Gasteiger partial charge in [-0.15, -0.1) is 0 Å². The molecule has 0 aliphatic rings. The monoisotopic (exact) mass is 436 g/mol. The fraction of sp³-hybridized carbons (Fsp3) is 0.200. The summed E-state index contributed by atoms with van der Waals surface area (Å²) in [6.45, 7) is 3.87. The highest BCUT2D eigenvalue weighted by atomic mass is 32.2. The highest BCUT2D eigenvalue weighted by Gasteiger charge is 2.38. The molecule has 3 N–H and O–H groups in total. The van der Waals surface area contributed by atoms with Gasteiger partial charge < -0.3 is 11.1 Å². The summed E-state index contributed by atoms with van der Waals surface area (Å²) < 4.78 is 67.2. The minimum atomic E-state index is -4.84. The highest BCUT2D eigenvalue weighted by molar-refractivity contribution is 7.91. The molecule has 0 saturated carbocycles. The van der Waals surface area contributed by atoms with Crippen molar-refractivity contribution in [2.24, 2.45) is 0 Å². The number of aryl methyl sites for hydroxylation is 1. The van der Waals surface area contributed by atoms with Crippen LogP contribution in [0.2, 0.25) is 0 Å². The van der Waals surface area contributed by atoms with E-state index >= 15 is 0 Å². The summed E-state index contributed by atoms with van der Waals surface area (Å²) in [6, 6.07) is 7.22. The summed E-state index contributed by atoms with van der Waals surface area (Å²) in [5.41, 5.74) is 6.13. The van der Waals surface area contributed by atoms with Crippen LogP contribution in [0.5, 0.6) is 0 Å². The predicted octanol–water partition coefficient (Wildman–Crippen LogP) is 4.32. The number of hydrogen-bond donors (Lipinski definition) is 2. The largest absolute Gasteiger partial charge is 0.417 e. The lowest BCUT2D eigenvalue weighted by atomic mass is 10.0. The number of nitrogens with one attached hydrogen (secondary N) is 1. The van der Waals surface area contributed by atoms with E-state index in [1.807, 2.05) is 0 Å². The summed E-state index contributed by atoms with van der Waals surface area (Å²) in [4.78, 5) is 6.70. The van der Waals surface area contributed by atoms with Crippen molar-refractivity contribution in [3.05, 3.63) is 59.9 Å². The minimum absolute atomic E-state index is 0.0516. The Labute approximate surface area is 171 Å². The molecular weight excluding hydrogens is 417 g/mol. The van der Waals surface area contributed by atoms with Gasteiger partial charge >= 0.3 is 6.18 Å². The fourth-order valence-corrected chi connectivity index (χ4v) is 4.47. The normalized spacial score (nSPS) is 12.0. The second-order valence-corrected chi connectivity index (χ2v) is 8.47. The number of alkyl halides is 3. The van der Waals surface area contributed by atoms with E-state index in [0.29, 0.717) is 23.2 Å². The van der Waals surface area contributed by atoms with Gasteiger partial charge in [-0.2, -0.15) is 13.2 Å². The van der Waals surface area contributed by atoms with Crippen LogP contribution in [0.15, 0.2) is 58.6 Å². The lowest BCUT2D eigenvalue weighted by Gasteiger charge is -2.16. The second kappa shape index (κ2) is 7.94. The quantitative estimate of drug-likeness (QED) is 0.618. The molecule has 0 unspecified atom stereocenters. The first-order valence-corrected chi connectivity index (χ1v) is 10.4. The first-order chi connectivity index (χ1) is 14.0. The molecule has 10 heteroatoms. The zero-order valence-corrected chi connectivity index (χ0v) is 17.0. The lowest BCUT2D eigenvalue weighted by Crippen LogP contribution is -2.14. The molecule has 0 amide bonds. The van der Waals surface area contributed by atoms with Gasteiger partial charge in [0, 0.05) is 30.2 Å². The zero-order chi connectivity index (χ0) is 22.1. The van der Waals surface area contributed by atoms with Crippen molar-refractivity contribution < 1.29 is 21.6 Å². The van der Waals surface area contributed by atoms with E-state index in [0.717, 1.165) is 12.1 Å². The van der Waals surface area contributed by atoms with Crippen molar-refractivity contribution in [3.8, 4) is 11.1 Å². The summed E-state index contributed by atoms with van der Waals surface area (Å²) in [5, 5.41) is 2.76. The molecule has 30 heavy (non-hydrogen) atoms. The second-order valence-electron chi connectivity index (χ2n) is 6.55. The molecular formula is C20H19F3N4O2S. The van der Waals surface area contributed by atoms with Gasteiger partial charge in [-0.3, -0.25) is 0 Å². The molecule has 0 spiro atoms. The Morgan fingerprint density at radius 2 is 1.73 bits per heavy atom. The summed E-state index contributed by atoms with van der Waals surface area (Å²) >= 11 is 0. The van der Waals surface area contributed by atoms with Crippen LogP contribution in [0.1, 0.15) is 18.1 Å². The van der Waals surface area contributed by atoms with Gasteiger partial charge in [0.25, 0.3) is 0 Å². The topological polar surface area (TPSA) is 98.0 Å². The van der Waals surface area contributed by atoms with Crippen molar-refractivity contribution in [2.75, 3.05) is 17.6 Å². The Kier molecular flexibility index (Phi) is 5.71. The van der Waals surface area contributed by atoms with E-state index < -0.39 is 26.5 Å². The van der Waals surface area contributed by atoms with E-state index in [2.05, 4.69) is 15.3 Å². The van der Waals surface area contributed by atoms with Crippen molar-refractivity contribution in [3.63, 3.8) is 0 Å². The van der Waals surface area contributed by atoms with Gasteiger partial charge in [0.2, 0.25) is 15.8 Å². The highest BCUT2D eigenvalue weighted by Crippen LogP contribution is 2.38. The van der Waals surface area contributed by atoms with Gasteiger partial charge in [-0.1, -0.05) is 6.07 Å². The average Bonchev–Trinajstić information content (AvgIpc) is 2.68. The van der Waals surface area contributed by atoms with E-state index in [1.165, 1.54) is 36.7 Å². The van der Waals surface area contributed by atoms with E-state index in [9.17, 15) is 21.6 Å². The van der Waals surface area contributed by atoms with Crippen molar-refractivity contribution in [1.29, 1.82) is 0 Å². The first-order valence-electron chi connectivity index (χ1n) is 8.92. The van der Waals surface area contributed by atoms with Crippen molar-refractivity contribution in [1.82, 2.24) is 9.97 Å². The standard InChI is InChI=1S/C20H19F3N4O2S/c1-3-25-14-5-7-18(17(8-14)20(21,22)23)30(28,29)15-6-4-12(2)16(9-15)13-10-26-19(24)27-11-13/h4-11,25H,3H2,1-2H3,(H2,24,26,27). The third kappa shape index (κ3) is 4.23. The molecule has 1 heterocycles. The number of aromatic nitrogens is 2. The van der Waals surface area contributed by atoms with E-state index in [4.69, 9.17) is 5.73 Å². The SMILES string of the molecule is CCNc1ccc(S(=O)(=O)c2ccc(C)c(-c3cnc(N)nc3)c2)c(C(F)(F)F)c1. The molecule has 0 aliphatic heterocycles. The van der Waals surface area contributed by atoms with Crippen LogP contribution in [0, 0.1) is 6.92 Å². The summed E-state index contributed by atoms with van der Waals surface area (Å²) in [7, 11) is -4.45. The van der Waals surface area contributed by atoms with Gasteiger partial charge in [0.15, 0.2) is 0 Å². The minimum Gasteiger partial charge on any atom is -0.385 e. The number of nitrogens with zero attached hydrogens (tertiary/aromatic N) is 2. The Morgan fingerprint density at radius 3 is 2.33 bits per heavy atom. The first kappa shape index (κ1) is 21.6. The van der Waals surface area contributed by atoms with Crippen LogP contribution < -0.4 is 11.1 Å². The van der Waals surface area contributed by atoms with Crippen molar-refractivity contribution in [2.45, 2.75) is 29.8 Å². The number of anilines is 2. The number of benzene rings is 2. The molecule has 3 rings (SSSR count). The van der Waals surface area contributed by atoms with Crippen LogP contribution in [-0.4, -0.2) is 24.9 Å². The molecule has 0 aliphatic carbocycles. The Balaban J connectivity index is 2.17. The Morgan fingerprint density at radius 1 is 1.07 bits per heavy atom. The zero-order valence-electron chi connectivity index (χ0n) is 16.2. The number of halogens is 3. The summed E-state index contributed by atoms with van der Waals surface area (Å²) in [6.07, 6.45) is -1.99. The van der Waals surface area contributed by atoms with Gasteiger partial charge in [-0.05, 0) is 55.3 Å². The number of rotatable bonds is 5. The molecule has 0 fully saturated rings. The van der Waals surface area contributed by atoms with Crippen LogP contribution in [0.4, 0.5) is 24.8 Å². The van der Waals surface area contributed by atoms with Crippen molar-refractivity contribution >= 4 is 21.5 Å². The Bertz CT molecular complexity index is 1180. The molecule has 158 valence electrons. The average molecular weight is 436 g/mol. The maximum absolute atomic E-state index is 13.6.